The molecule has 1 amide bonds. The number of hydrogen-bond donors (Lipinski definition) is 1. The van der Waals surface area contributed by atoms with Crippen LogP contribution in [-0.2, 0) is 19.7 Å². The fourth-order valence-corrected chi connectivity index (χ4v) is 4.27. The number of carbonyl (C=O) groups excluding carboxylic acids is 3. The zero-order valence-corrected chi connectivity index (χ0v) is 21.6. The number of anilines is 1. The summed E-state index contributed by atoms with van der Waals surface area (Å²) in [6.45, 7) is 5.13. The Balaban J connectivity index is 1.63. The summed E-state index contributed by atoms with van der Waals surface area (Å²) in [7, 11) is 6.24. The lowest BCUT2D eigenvalue weighted by molar-refractivity contribution is -0.148. The number of methoxy groups -OCH3 is 3. The van der Waals surface area contributed by atoms with E-state index in [1.807, 2.05) is 50.1 Å². The summed E-state index contributed by atoms with van der Waals surface area (Å²) in [5.74, 6) is -0.676. The molecular weight excluding hydrogens is 464 g/mol. The van der Waals surface area contributed by atoms with E-state index >= 15 is 0 Å². The number of para-hydroxylation sites is 1. The molecule has 2 aromatic rings. The topological polar surface area (TPSA) is 103 Å². The highest BCUT2D eigenvalue weighted by molar-refractivity contribution is 5.98. The largest absolute Gasteiger partial charge is 0.493 e. The Labute approximate surface area is 211 Å². The van der Waals surface area contributed by atoms with Gasteiger partial charge >= 0.3 is 5.97 Å². The Hall–Kier alpha value is -4.01. The quantitative estimate of drug-likeness (QED) is 0.417. The number of esters is 1. The normalized spacial score (nSPS) is 15.6. The number of likely N-dealkylation sites (N-methyl/N-ethyl adjacent to an activating group) is 1. The highest BCUT2D eigenvalue weighted by atomic mass is 16.5. The molecule has 2 aromatic carbocycles. The number of fused-ring (bicyclic) bond motifs is 1. The van der Waals surface area contributed by atoms with Gasteiger partial charge in [0.25, 0.3) is 5.91 Å². The first-order valence-corrected chi connectivity index (χ1v) is 11.4. The molecule has 1 aliphatic rings. The van der Waals surface area contributed by atoms with Gasteiger partial charge in [0.15, 0.2) is 23.9 Å². The van der Waals surface area contributed by atoms with E-state index in [9.17, 15) is 14.4 Å². The standard InChI is InChI=1S/C27H32N2O7/c1-16(28-25(31)17-12-21(33-5)24(35-7)22(13-17)34-6)26(32)36-15-18(30)14-23-27(2,3)19-10-8-9-11-20(19)29(23)4/h8-14,16H,15H2,1-7H3,(H,28,31). The second kappa shape index (κ2) is 10.7. The van der Waals surface area contributed by atoms with Crippen LogP contribution in [0, 0.1) is 0 Å². The second-order valence-corrected chi connectivity index (χ2v) is 8.91. The lowest BCUT2D eigenvalue weighted by atomic mass is 9.83. The number of ketones is 1. The van der Waals surface area contributed by atoms with E-state index < -0.39 is 24.5 Å². The van der Waals surface area contributed by atoms with Crippen molar-refractivity contribution >= 4 is 23.3 Å². The van der Waals surface area contributed by atoms with E-state index in [4.69, 9.17) is 18.9 Å². The maximum Gasteiger partial charge on any atom is 0.328 e. The summed E-state index contributed by atoms with van der Waals surface area (Å²) in [6.07, 6.45) is 1.51. The van der Waals surface area contributed by atoms with Gasteiger partial charge in [-0.25, -0.2) is 4.79 Å². The monoisotopic (exact) mass is 496 g/mol. The van der Waals surface area contributed by atoms with Crippen LogP contribution in [0.25, 0.3) is 0 Å². The second-order valence-electron chi connectivity index (χ2n) is 8.91. The zero-order chi connectivity index (χ0) is 26.6. The smallest absolute Gasteiger partial charge is 0.328 e. The minimum Gasteiger partial charge on any atom is -0.493 e. The van der Waals surface area contributed by atoms with Gasteiger partial charge in [0.05, 0.1) is 21.3 Å². The molecule has 1 N–H and O–H groups in total. The summed E-state index contributed by atoms with van der Waals surface area (Å²) >= 11 is 0. The molecule has 3 rings (SSSR count). The Morgan fingerprint density at radius 3 is 2.19 bits per heavy atom. The van der Waals surface area contributed by atoms with Crippen molar-refractivity contribution in [3.63, 3.8) is 0 Å². The molecule has 0 aromatic heterocycles. The molecule has 9 heteroatoms. The third-order valence-electron chi connectivity index (χ3n) is 6.22. The lowest BCUT2D eigenvalue weighted by Crippen LogP contribution is -2.40. The van der Waals surface area contributed by atoms with E-state index in [2.05, 4.69) is 5.32 Å². The molecule has 192 valence electrons. The van der Waals surface area contributed by atoms with Gasteiger partial charge in [0, 0.05) is 35.5 Å². The number of rotatable bonds is 9. The fraction of sp³-hybridized carbons (Fsp3) is 0.370. The van der Waals surface area contributed by atoms with Gasteiger partial charge in [-0.3, -0.25) is 9.59 Å². The third kappa shape index (κ3) is 5.15. The molecule has 0 bridgehead atoms. The third-order valence-corrected chi connectivity index (χ3v) is 6.22. The van der Waals surface area contributed by atoms with E-state index in [1.165, 1.54) is 46.5 Å². The average Bonchev–Trinajstić information content (AvgIpc) is 3.06. The van der Waals surface area contributed by atoms with E-state index in [1.54, 1.807) is 0 Å². The summed E-state index contributed by atoms with van der Waals surface area (Å²) in [6, 6.07) is 9.91. The lowest BCUT2D eigenvalue weighted by Gasteiger charge is -2.24. The molecule has 0 radical (unpaired) electrons. The van der Waals surface area contributed by atoms with Gasteiger partial charge in [-0.15, -0.1) is 0 Å². The van der Waals surface area contributed by atoms with E-state index in [0.29, 0.717) is 17.2 Å². The molecule has 1 atom stereocenters. The summed E-state index contributed by atoms with van der Waals surface area (Å²) in [4.78, 5) is 39.8. The maximum absolute atomic E-state index is 12.7. The van der Waals surface area contributed by atoms with Crippen molar-refractivity contribution in [2.45, 2.75) is 32.2 Å². The highest BCUT2D eigenvalue weighted by Gasteiger charge is 2.38. The number of hydrogen-bond acceptors (Lipinski definition) is 8. The molecule has 0 spiro atoms. The number of benzene rings is 2. The number of allylic oxidation sites excluding steroid dienone is 1. The number of nitrogens with one attached hydrogen (secondary N) is 1. The summed E-state index contributed by atoms with van der Waals surface area (Å²) < 4.78 is 21.0. The molecule has 0 fully saturated rings. The van der Waals surface area contributed by atoms with Crippen LogP contribution in [0.3, 0.4) is 0 Å². The molecule has 36 heavy (non-hydrogen) atoms. The van der Waals surface area contributed by atoms with Crippen molar-refractivity contribution in [3.05, 3.63) is 59.3 Å². The van der Waals surface area contributed by atoms with Crippen LogP contribution in [0.15, 0.2) is 48.2 Å². The van der Waals surface area contributed by atoms with Gasteiger partial charge in [0.1, 0.15) is 6.04 Å². The van der Waals surface area contributed by atoms with Crippen molar-refractivity contribution in [1.29, 1.82) is 0 Å². The van der Waals surface area contributed by atoms with Crippen LogP contribution in [0.1, 0.15) is 36.7 Å². The molecule has 9 nitrogen and oxygen atoms in total. The fourth-order valence-electron chi connectivity index (χ4n) is 4.27. The number of carbonyl (C=O) groups is 3. The molecule has 0 saturated carbocycles. The first kappa shape index (κ1) is 26.6. The Bertz CT molecular complexity index is 1180. The predicted molar refractivity (Wildman–Crippen MR) is 135 cm³/mol. The zero-order valence-electron chi connectivity index (χ0n) is 21.6. The van der Waals surface area contributed by atoms with Crippen molar-refractivity contribution < 1.29 is 33.3 Å². The van der Waals surface area contributed by atoms with E-state index in [0.717, 1.165) is 16.9 Å². The average molecular weight is 497 g/mol. The van der Waals surface area contributed by atoms with Gasteiger partial charge in [-0.05, 0) is 30.7 Å². The molecule has 1 heterocycles. The number of amides is 1. The van der Waals surface area contributed by atoms with Crippen molar-refractivity contribution in [2.24, 2.45) is 0 Å². The van der Waals surface area contributed by atoms with Gasteiger partial charge in [0.2, 0.25) is 5.75 Å². The SMILES string of the molecule is COc1cc(C(=O)NC(C)C(=O)OCC(=O)C=C2N(C)c3ccccc3C2(C)C)cc(OC)c1OC. The van der Waals surface area contributed by atoms with E-state index in [-0.39, 0.29) is 16.8 Å². The first-order chi connectivity index (χ1) is 17.0. The predicted octanol–water partition coefficient (Wildman–Crippen LogP) is 3.25. The van der Waals surface area contributed by atoms with Crippen LogP contribution in [-0.4, -0.2) is 58.7 Å². The molecule has 1 unspecified atom stereocenters. The first-order valence-electron chi connectivity index (χ1n) is 11.4. The minimum atomic E-state index is -0.994. The Morgan fingerprint density at radius 1 is 1.03 bits per heavy atom. The van der Waals surface area contributed by atoms with Crippen LogP contribution in [0.2, 0.25) is 0 Å². The van der Waals surface area contributed by atoms with Gasteiger partial charge < -0.3 is 29.2 Å². The number of ether oxygens (including phenoxy) is 4. The van der Waals surface area contributed by atoms with Crippen LogP contribution >= 0.6 is 0 Å². The Kier molecular flexibility index (Phi) is 7.92. The molecule has 0 aliphatic carbocycles. The van der Waals surface area contributed by atoms with Crippen LogP contribution in [0.5, 0.6) is 17.2 Å². The highest BCUT2D eigenvalue weighted by Crippen LogP contribution is 2.46. The number of nitrogens with zero attached hydrogens (tertiary/aromatic N) is 1. The molecule has 1 aliphatic heterocycles. The molecule has 0 saturated heterocycles. The van der Waals surface area contributed by atoms with Crippen LogP contribution in [0.4, 0.5) is 5.69 Å². The van der Waals surface area contributed by atoms with Crippen LogP contribution < -0.4 is 24.4 Å². The Morgan fingerprint density at radius 2 is 1.64 bits per heavy atom. The van der Waals surface area contributed by atoms with Gasteiger partial charge in [-0.1, -0.05) is 32.0 Å². The maximum atomic E-state index is 12.7. The van der Waals surface area contributed by atoms with Gasteiger partial charge in [-0.2, -0.15) is 0 Å². The summed E-state index contributed by atoms with van der Waals surface area (Å²) in [5.41, 5.74) is 2.80. The summed E-state index contributed by atoms with van der Waals surface area (Å²) in [5, 5.41) is 2.56. The van der Waals surface area contributed by atoms with Crippen molar-refractivity contribution in [2.75, 3.05) is 39.9 Å². The van der Waals surface area contributed by atoms with Crippen molar-refractivity contribution in [3.8, 4) is 17.2 Å². The van der Waals surface area contributed by atoms with Crippen molar-refractivity contribution in [1.82, 2.24) is 5.32 Å². The molecular formula is C27H32N2O7. The minimum absolute atomic E-state index is 0.205.